The number of hydrogen-bond donors (Lipinski definition) is 5. The second-order valence-corrected chi connectivity index (χ2v) is 12.8. The normalized spacial score (nSPS) is 22.3. The standard InChI is InChI=1S/C35H67NO9/c1-3-5-7-9-11-13-15-17-19-21-25-43-30(38)24-23-28(36-34-33(41)32(40)31(39)29(27-37)45-34)35(42)44-26-22-20-18-16-14-12-10-8-6-4-2/h28-29,31-34,36-37,39-41H,3-27H2,1-2H3/t28-,29+,31+,32-,33+,34?/m0/s1. The highest BCUT2D eigenvalue weighted by atomic mass is 16.6. The molecule has 1 aliphatic heterocycles. The first-order chi connectivity index (χ1) is 21.8. The van der Waals surface area contributed by atoms with Crippen molar-refractivity contribution in [3.63, 3.8) is 0 Å². The van der Waals surface area contributed by atoms with Crippen molar-refractivity contribution >= 4 is 11.9 Å². The number of aliphatic hydroxyl groups excluding tert-OH is 4. The Morgan fingerprint density at radius 1 is 0.644 bits per heavy atom. The van der Waals surface area contributed by atoms with Gasteiger partial charge in [-0.15, -0.1) is 0 Å². The van der Waals surface area contributed by atoms with Gasteiger partial charge in [0.1, 0.15) is 36.7 Å². The third-order valence-electron chi connectivity index (χ3n) is 8.68. The summed E-state index contributed by atoms with van der Waals surface area (Å²) in [5, 5.41) is 43.1. The van der Waals surface area contributed by atoms with Gasteiger partial charge in [0.2, 0.25) is 0 Å². The lowest BCUT2D eigenvalue weighted by Crippen LogP contribution is -2.64. The van der Waals surface area contributed by atoms with Gasteiger partial charge in [0, 0.05) is 6.42 Å². The molecule has 0 radical (unpaired) electrons. The molecule has 45 heavy (non-hydrogen) atoms. The number of carbonyl (C=O) groups is 2. The quantitative estimate of drug-likeness (QED) is 0.0524. The average molecular weight is 646 g/mol. The number of carbonyl (C=O) groups excluding carboxylic acids is 2. The topological polar surface area (TPSA) is 155 Å². The average Bonchev–Trinajstić information content (AvgIpc) is 3.04. The minimum atomic E-state index is -1.58. The lowest BCUT2D eigenvalue weighted by Gasteiger charge is -2.41. The molecule has 5 N–H and O–H groups in total. The SMILES string of the molecule is CCCCCCCCCCCCOC(=O)CC[C@H](NC1O[C@H](CO)[C@@H](O)[C@H](O)[C@H]1O)C(=O)OCCCCCCCCCCCC. The Morgan fingerprint density at radius 3 is 1.56 bits per heavy atom. The smallest absolute Gasteiger partial charge is 0.323 e. The molecule has 1 aliphatic rings. The molecule has 1 unspecified atom stereocenters. The number of rotatable bonds is 29. The fraction of sp³-hybridized carbons (Fsp3) is 0.943. The van der Waals surface area contributed by atoms with Crippen LogP contribution < -0.4 is 5.32 Å². The van der Waals surface area contributed by atoms with Crippen LogP contribution in [0.4, 0.5) is 0 Å². The first kappa shape index (κ1) is 41.7. The molecule has 0 spiro atoms. The van der Waals surface area contributed by atoms with Crippen molar-refractivity contribution < 1.29 is 44.2 Å². The van der Waals surface area contributed by atoms with Crippen LogP contribution in [-0.4, -0.2) is 88.9 Å². The summed E-state index contributed by atoms with van der Waals surface area (Å²) in [6.45, 7) is 4.44. The van der Waals surface area contributed by atoms with E-state index in [9.17, 15) is 30.0 Å². The van der Waals surface area contributed by atoms with Crippen LogP contribution in [0.3, 0.4) is 0 Å². The summed E-state index contributed by atoms with van der Waals surface area (Å²) in [5.41, 5.74) is 0. The van der Waals surface area contributed by atoms with Gasteiger partial charge in [-0.1, -0.05) is 129 Å². The fourth-order valence-corrected chi connectivity index (χ4v) is 5.68. The van der Waals surface area contributed by atoms with Crippen molar-refractivity contribution in [2.75, 3.05) is 19.8 Å². The van der Waals surface area contributed by atoms with Gasteiger partial charge in [-0.3, -0.25) is 14.9 Å². The van der Waals surface area contributed by atoms with Crippen molar-refractivity contribution in [3.8, 4) is 0 Å². The molecule has 0 aliphatic carbocycles. The van der Waals surface area contributed by atoms with E-state index in [-0.39, 0.29) is 19.4 Å². The van der Waals surface area contributed by atoms with Crippen LogP contribution in [0.25, 0.3) is 0 Å². The van der Waals surface area contributed by atoms with Gasteiger partial charge in [0.05, 0.1) is 19.8 Å². The van der Waals surface area contributed by atoms with E-state index in [4.69, 9.17) is 14.2 Å². The van der Waals surface area contributed by atoms with Gasteiger partial charge >= 0.3 is 11.9 Å². The number of unbranched alkanes of at least 4 members (excludes halogenated alkanes) is 18. The van der Waals surface area contributed by atoms with Crippen LogP contribution in [-0.2, 0) is 23.8 Å². The lowest BCUT2D eigenvalue weighted by atomic mass is 9.97. The Kier molecular flexibility index (Phi) is 25.8. The lowest BCUT2D eigenvalue weighted by molar-refractivity contribution is -0.238. The van der Waals surface area contributed by atoms with Crippen LogP contribution >= 0.6 is 0 Å². The van der Waals surface area contributed by atoms with E-state index < -0.39 is 55.2 Å². The molecule has 1 heterocycles. The first-order valence-corrected chi connectivity index (χ1v) is 18.2. The molecular weight excluding hydrogens is 578 g/mol. The van der Waals surface area contributed by atoms with Crippen molar-refractivity contribution in [1.29, 1.82) is 0 Å². The summed E-state index contributed by atoms with van der Waals surface area (Å²) in [5.74, 6) is -1.01. The van der Waals surface area contributed by atoms with Crippen LogP contribution in [0, 0.1) is 0 Å². The number of hydrogen-bond acceptors (Lipinski definition) is 10. The van der Waals surface area contributed by atoms with E-state index in [0.29, 0.717) is 6.61 Å². The summed E-state index contributed by atoms with van der Waals surface area (Å²) in [7, 11) is 0. The van der Waals surface area contributed by atoms with Gasteiger partial charge in [-0.05, 0) is 19.3 Å². The summed E-state index contributed by atoms with van der Waals surface area (Å²) in [6, 6.07) is -1.01. The molecule has 1 rings (SSSR count). The van der Waals surface area contributed by atoms with E-state index >= 15 is 0 Å². The molecule has 266 valence electrons. The maximum absolute atomic E-state index is 13.0. The fourth-order valence-electron chi connectivity index (χ4n) is 5.68. The molecule has 6 atom stereocenters. The Labute approximate surface area is 273 Å². The summed E-state index contributed by atoms with van der Waals surface area (Å²) in [4.78, 5) is 25.5. The second-order valence-electron chi connectivity index (χ2n) is 12.8. The zero-order valence-electron chi connectivity index (χ0n) is 28.5. The van der Waals surface area contributed by atoms with E-state index in [1.165, 1.54) is 89.9 Å². The summed E-state index contributed by atoms with van der Waals surface area (Å²) < 4.78 is 16.4. The minimum Gasteiger partial charge on any atom is -0.466 e. The molecule has 0 aromatic rings. The predicted octanol–water partition coefficient (Wildman–Crippen LogP) is 5.45. The first-order valence-electron chi connectivity index (χ1n) is 18.2. The molecule has 0 saturated carbocycles. The second kappa shape index (κ2) is 27.8. The van der Waals surface area contributed by atoms with E-state index in [2.05, 4.69) is 19.2 Å². The maximum atomic E-state index is 13.0. The number of aliphatic hydroxyl groups is 4. The van der Waals surface area contributed by atoms with Crippen LogP contribution in [0.2, 0.25) is 0 Å². The third kappa shape index (κ3) is 19.8. The predicted molar refractivity (Wildman–Crippen MR) is 176 cm³/mol. The van der Waals surface area contributed by atoms with Gasteiger partial charge < -0.3 is 34.6 Å². The van der Waals surface area contributed by atoms with Gasteiger partial charge in [0.15, 0.2) is 0 Å². The largest absolute Gasteiger partial charge is 0.466 e. The highest BCUT2D eigenvalue weighted by Gasteiger charge is 2.44. The Bertz CT molecular complexity index is 723. The summed E-state index contributed by atoms with van der Waals surface area (Å²) in [6.07, 6.45) is 16.5. The Hall–Kier alpha value is -1.30. The molecule has 1 fully saturated rings. The van der Waals surface area contributed by atoms with E-state index in [1.807, 2.05) is 0 Å². The molecule has 0 aromatic heterocycles. The molecular formula is C35H67NO9. The number of nitrogens with one attached hydrogen (secondary N) is 1. The Balaban J connectivity index is 2.44. The monoisotopic (exact) mass is 645 g/mol. The van der Waals surface area contributed by atoms with Crippen molar-refractivity contribution in [2.24, 2.45) is 0 Å². The Morgan fingerprint density at radius 2 is 1.09 bits per heavy atom. The van der Waals surface area contributed by atoms with Crippen LogP contribution in [0.15, 0.2) is 0 Å². The van der Waals surface area contributed by atoms with Crippen molar-refractivity contribution in [2.45, 2.75) is 192 Å². The third-order valence-corrected chi connectivity index (χ3v) is 8.68. The van der Waals surface area contributed by atoms with E-state index in [1.54, 1.807) is 0 Å². The van der Waals surface area contributed by atoms with Gasteiger partial charge in [-0.2, -0.15) is 0 Å². The van der Waals surface area contributed by atoms with Gasteiger partial charge in [0.25, 0.3) is 0 Å². The highest BCUT2D eigenvalue weighted by molar-refractivity contribution is 5.77. The molecule has 0 amide bonds. The molecule has 0 bridgehead atoms. The highest BCUT2D eigenvalue weighted by Crippen LogP contribution is 2.21. The molecule has 10 nitrogen and oxygen atoms in total. The van der Waals surface area contributed by atoms with Crippen molar-refractivity contribution in [3.05, 3.63) is 0 Å². The summed E-state index contributed by atoms with van der Waals surface area (Å²) >= 11 is 0. The molecule has 10 heteroatoms. The van der Waals surface area contributed by atoms with Crippen LogP contribution in [0.1, 0.15) is 155 Å². The van der Waals surface area contributed by atoms with E-state index in [0.717, 1.165) is 38.5 Å². The van der Waals surface area contributed by atoms with Crippen molar-refractivity contribution in [1.82, 2.24) is 5.32 Å². The minimum absolute atomic E-state index is 0.0415. The maximum Gasteiger partial charge on any atom is 0.323 e. The van der Waals surface area contributed by atoms with Gasteiger partial charge in [-0.25, -0.2) is 0 Å². The number of esters is 2. The number of ether oxygens (including phenoxy) is 3. The molecule has 0 aromatic carbocycles. The van der Waals surface area contributed by atoms with Crippen LogP contribution in [0.5, 0.6) is 0 Å². The molecule has 1 saturated heterocycles. The zero-order chi connectivity index (χ0) is 33.1. The zero-order valence-corrected chi connectivity index (χ0v) is 28.5.